The third-order valence-corrected chi connectivity index (χ3v) is 3.43. The lowest BCUT2D eigenvalue weighted by Crippen LogP contribution is -2.27. The summed E-state index contributed by atoms with van der Waals surface area (Å²) in [6.45, 7) is 5.18. The lowest BCUT2D eigenvalue weighted by atomic mass is 10.1. The van der Waals surface area contributed by atoms with Crippen LogP contribution >= 0.6 is 31.9 Å². The van der Waals surface area contributed by atoms with Gasteiger partial charge in [0, 0.05) is 27.4 Å². The SMILES string of the molecule is COc1ccc(Br)cc1CNC(C)CC(C)Br. The Morgan fingerprint density at radius 3 is 2.65 bits per heavy atom. The molecule has 0 aliphatic rings. The fourth-order valence-electron chi connectivity index (χ4n) is 1.74. The second-order valence-corrected chi connectivity index (χ2v) is 6.73. The molecule has 0 aromatic heterocycles. The third kappa shape index (κ3) is 5.40. The van der Waals surface area contributed by atoms with Crippen LogP contribution in [0.15, 0.2) is 22.7 Å². The van der Waals surface area contributed by atoms with E-state index >= 15 is 0 Å². The van der Waals surface area contributed by atoms with Gasteiger partial charge < -0.3 is 10.1 Å². The zero-order valence-corrected chi connectivity index (χ0v) is 13.6. The number of benzene rings is 1. The van der Waals surface area contributed by atoms with Crippen LogP contribution < -0.4 is 10.1 Å². The van der Waals surface area contributed by atoms with Gasteiger partial charge in [0.05, 0.1) is 7.11 Å². The maximum atomic E-state index is 5.34. The van der Waals surface area contributed by atoms with Crippen LogP contribution in [0, 0.1) is 0 Å². The van der Waals surface area contributed by atoms with Gasteiger partial charge in [-0.15, -0.1) is 0 Å². The van der Waals surface area contributed by atoms with E-state index in [1.165, 1.54) is 5.56 Å². The average Bonchev–Trinajstić information content (AvgIpc) is 2.25. The summed E-state index contributed by atoms with van der Waals surface area (Å²) in [7, 11) is 1.71. The number of hydrogen-bond donors (Lipinski definition) is 1. The third-order valence-electron chi connectivity index (χ3n) is 2.56. The minimum atomic E-state index is 0.480. The van der Waals surface area contributed by atoms with E-state index in [2.05, 4.69) is 57.1 Å². The van der Waals surface area contributed by atoms with Crippen molar-refractivity contribution in [2.45, 2.75) is 37.7 Å². The van der Waals surface area contributed by atoms with Crippen molar-refractivity contribution >= 4 is 31.9 Å². The number of nitrogens with one attached hydrogen (secondary N) is 1. The molecule has 1 N–H and O–H groups in total. The molecule has 96 valence electrons. The van der Waals surface area contributed by atoms with Crippen molar-refractivity contribution < 1.29 is 4.74 Å². The standard InChI is InChI=1S/C13H19Br2NO/c1-9(14)6-10(2)16-8-11-7-12(15)4-5-13(11)17-3/h4-5,7,9-10,16H,6,8H2,1-3H3. The molecule has 4 heteroatoms. The fourth-order valence-corrected chi connectivity index (χ4v) is 2.71. The predicted molar refractivity (Wildman–Crippen MR) is 80.0 cm³/mol. The molecule has 0 heterocycles. The van der Waals surface area contributed by atoms with Crippen molar-refractivity contribution in [3.8, 4) is 5.75 Å². The summed E-state index contributed by atoms with van der Waals surface area (Å²) in [5.74, 6) is 0.930. The number of ether oxygens (including phenoxy) is 1. The highest BCUT2D eigenvalue weighted by molar-refractivity contribution is 9.10. The summed E-state index contributed by atoms with van der Waals surface area (Å²) >= 11 is 7.05. The van der Waals surface area contributed by atoms with Gasteiger partial charge in [-0.05, 0) is 31.5 Å². The number of hydrogen-bond acceptors (Lipinski definition) is 2. The van der Waals surface area contributed by atoms with Gasteiger partial charge in [-0.1, -0.05) is 38.8 Å². The summed E-state index contributed by atoms with van der Waals surface area (Å²) < 4.78 is 6.42. The maximum absolute atomic E-state index is 5.34. The Kier molecular flexibility index (Phi) is 6.52. The quantitative estimate of drug-likeness (QED) is 0.767. The number of alkyl halides is 1. The Hall–Kier alpha value is -0.0600. The molecule has 2 unspecified atom stereocenters. The van der Waals surface area contributed by atoms with E-state index < -0.39 is 0 Å². The Morgan fingerprint density at radius 1 is 1.35 bits per heavy atom. The summed E-state index contributed by atoms with van der Waals surface area (Å²) in [4.78, 5) is 0.536. The van der Waals surface area contributed by atoms with E-state index in [1.807, 2.05) is 12.1 Å². The molecule has 0 aliphatic carbocycles. The minimum absolute atomic E-state index is 0.480. The summed E-state index contributed by atoms with van der Waals surface area (Å²) in [6, 6.07) is 6.55. The smallest absolute Gasteiger partial charge is 0.123 e. The zero-order chi connectivity index (χ0) is 12.8. The number of rotatable bonds is 6. The molecule has 0 amide bonds. The molecule has 0 bridgehead atoms. The van der Waals surface area contributed by atoms with Crippen LogP contribution in [0.25, 0.3) is 0 Å². The van der Waals surface area contributed by atoms with Gasteiger partial charge in [-0.3, -0.25) is 0 Å². The second-order valence-electron chi connectivity index (χ2n) is 4.25. The van der Waals surface area contributed by atoms with E-state index in [0.717, 1.165) is 23.2 Å². The fraction of sp³-hybridized carbons (Fsp3) is 0.538. The van der Waals surface area contributed by atoms with Crippen LogP contribution in [0.4, 0.5) is 0 Å². The average molecular weight is 365 g/mol. The van der Waals surface area contributed by atoms with Gasteiger partial charge >= 0.3 is 0 Å². The Labute approximate surface area is 120 Å². The Bertz CT molecular complexity index is 355. The van der Waals surface area contributed by atoms with Crippen molar-refractivity contribution in [1.29, 1.82) is 0 Å². The highest BCUT2D eigenvalue weighted by atomic mass is 79.9. The molecular weight excluding hydrogens is 346 g/mol. The van der Waals surface area contributed by atoms with Gasteiger partial charge in [-0.25, -0.2) is 0 Å². The summed E-state index contributed by atoms with van der Waals surface area (Å²) in [6.07, 6.45) is 1.11. The van der Waals surface area contributed by atoms with Gasteiger partial charge in [0.25, 0.3) is 0 Å². The van der Waals surface area contributed by atoms with Crippen molar-refractivity contribution in [2.24, 2.45) is 0 Å². The first kappa shape index (κ1) is 15.0. The van der Waals surface area contributed by atoms with Crippen LogP contribution in [-0.2, 0) is 6.54 Å². The molecule has 1 aromatic carbocycles. The van der Waals surface area contributed by atoms with Crippen LogP contribution in [-0.4, -0.2) is 18.0 Å². The van der Waals surface area contributed by atoms with Gasteiger partial charge in [0.2, 0.25) is 0 Å². The predicted octanol–water partition coefficient (Wildman–Crippen LogP) is 4.11. The maximum Gasteiger partial charge on any atom is 0.123 e. The van der Waals surface area contributed by atoms with Crippen molar-refractivity contribution in [3.63, 3.8) is 0 Å². The first-order valence-corrected chi connectivity index (χ1v) is 7.43. The Balaban J connectivity index is 2.58. The summed E-state index contributed by atoms with van der Waals surface area (Å²) in [5, 5.41) is 3.50. The van der Waals surface area contributed by atoms with Gasteiger partial charge in [-0.2, -0.15) is 0 Å². The van der Waals surface area contributed by atoms with Crippen LogP contribution in [0.3, 0.4) is 0 Å². The topological polar surface area (TPSA) is 21.3 Å². The first-order chi connectivity index (χ1) is 8.02. The molecule has 17 heavy (non-hydrogen) atoms. The van der Waals surface area contributed by atoms with E-state index in [9.17, 15) is 0 Å². The van der Waals surface area contributed by atoms with Crippen molar-refractivity contribution in [3.05, 3.63) is 28.2 Å². The number of halogens is 2. The monoisotopic (exact) mass is 363 g/mol. The normalized spacial score (nSPS) is 14.4. The zero-order valence-electron chi connectivity index (χ0n) is 10.5. The van der Waals surface area contributed by atoms with Crippen LogP contribution in [0.2, 0.25) is 0 Å². The second kappa shape index (κ2) is 7.39. The van der Waals surface area contributed by atoms with Crippen LogP contribution in [0.5, 0.6) is 5.75 Å². The molecule has 1 aromatic rings. The molecule has 2 atom stereocenters. The molecule has 0 saturated heterocycles. The largest absolute Gasteiger partial charge is 0.496 e. The van der Waals surface area contributed by atoms with Gasteiger partial charge in [0.15, 0.2) is 0 Å². The van der Waals surface area contributed by atoms with E-state index in [0.29, 0.717) is 10.9 Å². The summed E-state index contributed by atoms with van der Waals surface area (Å²) in [5.41, 5.74) is 1.18. The molecular formula is C13H19Br2NO. The van der Waals surface area contributed by atoms with E-state index in [1.54, 1.807) is 7.11 Å². The lowest BCUT2D eigenvalue weighted by Gasteiger charge is -2.16. The molecule has 2 nitrogen and oxygen atoms in total. The molecule has 0 spiro atoms. The highest BCUT2D eigenvalue weighted by Gasteiger charge is 2.08. The van der Waals surface area contributed by atoms with E-state index in [4.69, 9.17) is 4.74 Å². The lowest BCUT2D eigenvalue weighted by molar-refractivity contribution is 0.404. The van der Waals surface area contributed by atoms with E-state index in [-0.39, 0.29) is 0 Å². The Morgan fingerprint density at radius 2 is 2.06 bits per heavy atom. The first-order valence-electron chi connectivity index (χ1n) is 5.72. The molecule has 0 saturated carbocycles. The van der Waals surface area contributed by atoms with Crippen molar-refractivity contribution in [1.82, 2.24) is 5.32 Å². The van der Waals surface area contributed by atoms with Crippen molar-refractivity contribution in [2.75, 3.05) is 7.11 Å². The van der Waals surface area contributed by atoms with Crippen LogP contribution in [0.1, 0.15) is 25.8 Å². The molecule has 0 radical (unpaired) electrons. The van der Waals surface area contributed by atoms with Gasteiger partial charge in [0.1, 0.15) is 5.75 Å². The molecule has 1 rings (SSSR count). The molecule has 0 aliphatic heterocycles. The number of methoxy groups -OCH3 is 1. The minimum Gasteiger partial charge on any atom is -0.496 e. The molecule has 0 fully saturated rings. The highest BCUT2D eigenvalue weighted by Crippen LogP contribution is 2.23.